The van der Waals surface area contributed by atoms with Crippen molar-refractivity contribution in [1.82, 2.24) is 14.9 Å². The standard InChI is InChI=1S/C19H28N4O5S/c1-4-21(5-2)13-9-12-20-19(24)18-17(14-29(27,28)6-3)22(25)15-10-7-8-11-16(15)23(18)26/h7-8,10-11H,4-6,9,12-14H2,1-3H3,(H,20,24). The molecular weight excluding hydrogens is 396 g/mol. The maximum atomic E-state index is 12.9. The first-order chi connectivity index (χ1) is 13.8. The number of nitrogens with zero attached hydrogens (tertiary/aromatic N) is 3. The van der Waals surface area contributed by atoms with Gasteiger partial charge in [-0.3, -0.25) is 4.79 Å². The van der Waals surface area contributed by atoms with Crippen molar-refractivity contribution in [1.29, 1.82) is 0 Å². The highest BCUT2D eigenvalue weighted by Gasteiger charge is 2.31. The fourth-order valence-corrected chi connectivity index (χ4v) is 3.95. The maximum Gasteiger partial charge on any atom is 0.347 e. The molecule has 10 heteroatoms. The van der Waals surface area contributed by atoms with Gasteiger partial charge in [-0.2, -0.15) is 0 Å². The number of carbonyl (C=O) groups excluding carboxylic acids is 1. The zero-order valence-corrected chi connectivity index (χ0v) is 17.9. The Morgan fingerprint density at radius 3 is 2.48 bits per heavy atom. The quantitative estimate of drug-likeness (QED) is 0.454. The van der Waals surface area contributed by atoms with Gasteiger partial charge in [-0.1, -0.05) is 32.9 Å². The largest absolute Gasteiger partial charge is 0.805 e. The minimum atomic E-state index is -3.64. The van der Waals surface area contributed by atoms with Crippen molar-refractivity contribution in [3.63, 3.8) is 0 Å². The number of aromatic nitrogens is 2. The molecule has 0 radical (unpaired) electrons. The Labute approximate surface area is 170 Å². The van der Waals surface area contributed by atoms with E-state index < -0.39 is 27.2 Å². The van der Waals surface area contributed by atoms with Gasteiger partial charge in [0.1, 0.15) is 11.2 Å². The molecule has 0 atom stereocenters. The van der Waals surface area contributed by atoms with Crippen LogP contribution in [0.4, 0.5) is 0 Å². The van der Waals surface area contributed by atoms with E-state index in [1.165, 1.54) is 19.1 Å². The van der Waals surface area contributed by atoms with Gasteiger partial charge in [0.25, 0.3) is 5.52 Å². The zero-order valence-electron chi connectivity index (χ0n) is 17.1. The molecule has 0 aliphatic rings. The molecule has 2 aromatic rings. The second-order valence-electron chi connectivity index (χ2n) is 6.69. The molecule has 0 fully saturated rings. The lowest BCUT2D eigenvalue weighted by Gasteiger charge is -2.19. The Morgan fingerprint density at radius 1 is 1.21 bits per heavy atom. The van der Waals surface area contributed by atoms with Gasteiger partial charge in [0.2, 0.25) is 0 Å². The van der Waals surface area contributed by atoms with Gasteiger partial charge in [0, 0.05) is 23.3 Å². The lowest BCUT2D eigenvalue weighted by atomic mass is 10.2. The van der Waals surface area contributed by atoms with E-state index in [1.54, 1.807) is 12.1 Å². The van der Waals surface area contributed by atoms with Gasteiger partial charge >= 0.3 is 11.6 Å². The van der Waals surface area contributed by atoms with Crippen molar-refractivity contribution in [2.24, 2.45) is 0 Å². The molecule has 1 aromatic heterocycles. The Balaban J connectivity index is 2.41. The second kappa shape index (κ2) is 9.84. The van der Waals surface area contributed by atoms with E-state index in [-0.39, 0.29) is 22.5 Å². The number of fused-ring (bicyclic) bond motifs is 1. The molecule has 1 heterocycles. The van der Waals surface area contributed by atoms with E-state index in [9.17, 15) is 23.3 Å². The number of rotatable bonds is 10. The first-order valence-electron chi connectivity index (χ1n) is 9.73. The molecule has 0 saturated heterocycles. The first-order valence-corrected chi connectivity index (χ1v) is 11.6. The van der Waals surface area contributed by atoms with Gasteiger partial charge in [-0.05, 0) is 32.1 Å². The van der Waals surface area contributed by atoms with Crippen LogP contribution in [0.2, 0.25) is 0 Å². The minimum absolute atomic E-state index is 0.00781. The van der Waals surface area contributed by atoms with Gasteiger partial charge in [0.15, 0.2) is 9.84 Å². The number of amides is 1. The zero-order chi connectivity index (χ0) is 21.6. The highest BCUT2D eigenvalue weighted by atomic mass is 32.2. The molecule has 9 nitrogen and oxygen atoms in total. The predicted molar refractivity (Wildman–Crippen MR) is 112 cm³/mol. The SMILES string of the molecule is CCN(CC)CCCNC(=O)c1c(CS(=O)(=O)CC)n([O-])c2ccccc2[n+]1=O. The van der Waals surface area contributed by atoms with Crippen LogP contribution in [-0.4, -0.2) is 55.9 Å². The van der Waals surface area contributed by atoms with Crippen molar-refractivity contribution in [3.05, 3.63) is 45.8 Å². The summed E-state index contributed by atoms with van der Waals surface area (Å²) < 4.78 is 25.0. The topological polar surface area (TPSA) is 117 Å². The summed E-state index contributed by atoms with van der Waals surface area (Å²) in [5.41, 5.74) is -0.810. The third kappa shape index (κ3) is 5.33. The highest BCUT2D eigenvalue weighted by Crippen LogP contribution is 2.17. The van der Waals surface area contributed by atoms with E-state index >= 15 is 0 Å². The molecule has 0 aliphatic heterocycles. The molecule has 0 spiro atoms. The number of hydrogen-bond acceptors (Lipinski definition) is 6. The molecule has 1 amide bonds. The molecular formula is C19H28N4O5S. The van der Waals surface area contributed by atoms with Gasteiger partial charge in [-0.15, -0.1) is 0 Å². The molecule has 160 valence electrons. The molecule has 2 rings (SSSR count). The van der Waals surface area contributed by atoms with Crippen LogP contribution in [-0.2, 0) is 15.6 Å². The van der Waals surface area contributed by atoms with Crippen molar-refractivity contribution in [2.45, 2.75) is 32.9 Å². The van der Waals surface area contributed by atoms with E-state index in [2.05, 4.69) is 10.2 Å². The summed E-state index contributed by atoms with van der Waals surface area (Å²) in [5, 5.41) is 15.5. The first kappa shape index (κ1) is 22.8. The van der Waals surface area contributed by atoms with Gasteiger partial charge in [0.05, 0.1) is 10.2 Å². The van der Waals surface area contributed by atoms with Crippen molar-refractivity contribution < 1.29 is 17.6 Å². The summed E-state index contributed by atoms with van der Waals surface area (Å²) in [5.74, 6) is -1.64. The van der Waals surface area contributed by atoms with E-state index in [4.69, 9.17) is 0 Å². The molecule has 0 bridgehead atoms. The van der Waals surface area contributed by atoms with Crippen LogP contribution in [0.3, 0.4) is 0 Å². The molecule has 0 saturated carbocycles. The second-order valence-corrected chi connectivity index (χ2v) is 9.04. The van der Waals surface area contributed by atoms with Crippen LogP contribution in [0.1, 0.15) is 43.4 Å². The average Bonchev–Trinajstić information content (AvgIpc) is 2.72. The maximum absolute atomic E-state index is 12.9. The van der Waals surface area contributed by atoms with Crippen LogP contribution in [0, 0.1) is 10.1 Å². The molecule has 29 heavy (non-hydrogen) atoms. The van der Waals surface area contributed by atoms with Crippen LogP contribution in [0.5, 0.6) is 0 Å². The van der Waals surface area contributed by atoms with E-state index in [1.807, 2.05) is 13.8 Å². The predicted octanol–water partition coefficient (Wildman–Crippen LogP) is 1.30. The van der Waals surface area contributed by atoms with Crippen LogP contribution in [0.15, 0.2) is 24.3 Å². The van der Waals surface area contributed by atoms with E-state index in [0.29, 0.717) is 22.1 Å². The molecule has 0 unspecified atom stereocenters. The third-order valence-electron chi connectivity index (χ3n) is 4.88. The normalized spacial score (nSPS) is 11.9. The van der Waals surface area contributed by atoms with Gasteiger partial charge < -0.3 is 20.2 Å². The number of para-hydroxylation sites is 2. The number of sulfone groups is 1. The summed E-state index contributed by atoms with van der Waals surface area (Å²) in [7, 11) is -3.64. The summed E-state index contributed by atoms with van der Waals surface area (Å²) >= 11 is 0. The van der Waals surface area contributed by atoms with Crippen molar-refractivity contribution in [3.8, 4) is 0 Å². The Kier molecular flexibility index (Phi) is 7.74. The Morgan fingerprint density at radius 2 is 1.86 bits per heavy atom. The number of nitrogens with one attached hydrogen (secondary N) is 1. The summed E-state index contributed by atoms with van der Waals surface area (Å²) in [6.45, 7) is 8.41. The lowest BCUT2D eigenvalue weighted by Crippen LogP contribution is -2.39. The monoisotopic (exact) mass is 424 g/mol. The third-order valence-corrected chi connectivity index (χ3v) is 6.48. The van der Waals surface area contributed by atoms with E-state index in [0.717, 1.165) is 19.6 Å². The number of carbonyl (C=O) groups is 1. The van der Waals surface area contributed by atoms with Crippen molar-refractivity contribution >= 4 is 26.8 Å². The van der Waals surface area contributed by atoms with Crippen LogP contribution < -0.4 is 9.74 Å². The lowest BCUT2D eigenvalue weighted by molar-refractivity contribution is -0.468. The number of benzene rings is 1. The molecule has 0 aliphatic carbocycles. The van der Waals surface area contributed by atoms with Gasteiger partial charge in [-0.25, -0.2) is 8.42 Å². The summed E-state index contributed by atoms with van der Waals surface area (Å²) in [6.07, 6.45) is 0.666. The average molecular weight is 425 g/mol. The summed E-state index contributed by atoms with van der Waals surface area (Å²) in [4.78, 5) is 27.8. The molecule has 1 N–H and O–H groups in total. The minimum Gasteiger partial charge on any atom is -0.805 e. The highest BCUT2D eigenvalue weighted by molar-refractivity contribution is 7.90. The fraction of sp³-hybridized carbons (Fsp3) is 0.526. The molecule has 1 aromatic carbocycles. The Bertz CT molecular complexity index is 1030. The number of hydrogen-bond donors (Lipinski definition) is 1. The smallest absolute Gasteiger partial charge is 0.347 e. The fourth-order valence-electron chi connectivity index (χ4n) is 3.08. The Hall–Kier alpha value is -2.46. The van der Waals surface area contributed by atoms with Crippen LogP contribution in [0.25, 0.3) is 11.0 Å². The van der Waals surface area contributed by atoms with Crippen LogP contribution >= 0.6 is 0 Å². The van der Waals surface area contributed by atoms with Crippen molar-refractivity contribution in [2.75, 3.05) is 31.9 Å². The summed E-state index contributed by atoms with van der Waals surface area (Å²) in [6, 6.07) is 5.99.